The molecular formula is C31H31FN6O4S2. The molecule has 3 heterocycles. The zero-order chi connectivity index (χ0) is 31.2. The molecule has 1 unspecified atom stereocenters. The van der Waals surface area contributed by atoms with Crippen LogP contribution in [0.3, 0.4) is 0 Å². The molecule has 1 aliphatic carbocycles. The van der Waals surface area contributed by atoms with Crippen LogP contribution in [-0.4, -0.2) is 74.2 Å². The van der Waals surface area contributed by atoms with Crippen molar-refractivity contribution in [2.45, 2.75) is 31.7 Å². The first-order chi connectivity index (χ1) is 21.1. The number of hydrogen-bond donors (Lipinski definition) is 0. The van der Waals surface area contributed by atoms with Gasteiger partial charge in [-0.2, -0.15) is 9.57 Å². The molecule has 2 fully saturated rings. The number of benzene rings is 2. The molecule has 1 saturated heterocycles. The highest BCUT2D eigenvalue weighted by Gasteiger charge is 2.37. The number of esters is 1. The van der Waals surface area contributed by atoms with E-state index in [1.807, 2.05) is 30.0 Å². The van der Waals surface area contributed by atoms with Crippen LogP contribution in [0.15, 0.2) is 48.5 Å². The number of ether oxygens (including phenoxy) is 1. The second-order valence-corrected chi connectivity index (χ2v) is 13.9. The number of rotatable bonds is 8. The number of piperazine rings is 1. The number of nitrogens with zero attached hydrogens (tertiary/aromatic N) is 6. The molecule has 1 aliphatic heterocycles. The third-order valence-corrected chi connectivity index (χ3v) is 10.3. The Kier molecular flexibility index (Phi) is 8.00. The zero-order valence-corrected chi connectivity index (χ0v) is 26.2. The van der Waals surface area contributed by atoms with Crippen molar-refractivity contribution in [3.63, 3.8) is 0 Å². The van der Waals surface area contributed by atoms with Crippen LogP contribution >= 0.6 is 11.3 Å². The predicted molar refractivity (Wildman–Crippen MR) is 168 cm³/mol. The maximum atomic E-state index is 13.6. The van der Waals surface area contributed by atoms with E-state index in [9.17, 15) is 22.9 Å². The number of nitriles is 1. The topological polar surface area (TPSA) is 120 Å². The van der Waals surface area contributed by atoms with Gasteiger partial charge >= 0.3 is 5.97 Å². The average molecular weight is 635 g/mol. The number of sulfonamides is 1. The molecule has 0 bridgehead atoms. The molecule has 44 heavy (non-hydrogen) atoms. The maximum Gasteiger partial charge on any atom is 0.329 e. The minimum Gasteiger partial charge on any atom is -0.467 e. The van der Waals surface area contributed by atoms with Gasteiger partial charge in [0.2, 0.25) is 10.0 Å². The van der Waals surface area contributed by atoms with Gasteiger partial charge in [-0.3, -0.25) is 4.98 Å². The molecule has 2 aliphatic rings. The molecule has 4 aromatic rings. The highest BCUT2D eigenvalue weighted by Crippen LogP contribution is 2.44. The van der Waals surface area contributed by atoms with Crippen LogP contribution in [0.25, 0.3) is 22.2 Å². The third kappa shape index (κ3) is 5.72. The molecular weight excluding hydrogens is 604 g/mol. The molecule has 2 aromatic heterocycles. The summed E-state index contributed by atoms with van der Waals surface area (Å²) in [7, 11) is -2.19. The van der Waals surface area contributed by atoms with Crippen LogP contribution in [0, 0.1) is 17.1 Å². The number of thiazole rings is 1. The van der Waals surface area contributed by atoms with Crippen molar-refractivity contribution in [2.75, 3.05) is 49.3 Å². The Morgan fingerprint density at radius 1 is 1.16 bits per heavy atom. The van der Waals surface area contributed by atoms with Crippen LogP contribution in [0.2, 0.25) is 0 Å². The minimum absolute atomic E-state index is 0.0153. The highest BCUT2D eigenvalue weighted by atomic mass is 32.2. The summed E-state index contributed by atoms with van der Waals surface area (Å²) >= 11 is 1.27. The molecule has 10 nitrogen and oxygen atoms in total. The van der Waals surface area contributed by atoms with E-state index < -0.39 is 22.0 Å². The fourth-order valence-electron chi connectivity index (χ4n) is 5.62. The zero-order valence-electron chi connectivity index (χ0n) is 24.5. The first-order valence-electron chi connectivity index (χ1n) is 14.3. The van der Waals surface area contributed by atoms with Crippen molar-refractivity contribution in [1.29, 1.82) is 5.26 Å². The molecule has 228 valence electrons. The van der Waals surface area contributed by atoms with Gasteiger partial charge in [0.1, 0.15) is 28.5 Å². The van der Waals surface area contributed by atoms with Gasteiger partial charge in [0, 0.05) is 54.4 Å². The quantitative estimate of drug-likeness (QED) is 0.246. The lowest BCUT2D eigenvalue weighted by Gasteiger charge is -2.40. The maximum absolute atomic E-state index is 13.6. The van der Waals surface area contributed by atoms with Crippen molar-refractivity contribution in [1.82, 2.24) is 14.3 Å². The molecule has 1 atom stereocenters. The largest absolute Gasteiger partial charge is 0.467 e. The molecule has 13 heteroatoms. The van der Waals surface area contributed by atoms with Gasteiger partial charge in [0.25, 0.3) is 0 Å². The second kappa shape index (κ2) is 11.8. The molecule has 0 spiro atoms. The van der Waals surface area contributed by atoms with Crippen molar-refractivity contribution in [2.24, 2.45) is 0 Å². The summed E-state index contributed by atoms with van der Waals surface area (Å²) < 4.78 is 44.6. The van der Waals surface area contributed by atoms with E-state index in [1.54, 1.807) is 12.1 Å². The van der Waals surface area contributed by atoms with Gasteiger partial charge in [0.05, 0.1) is 24.6 Å². The summed E-state index contributed by atoms with van der Waals surface area (Å²) in [5.41, 5.74) is 4.54. The number of carbonyl (C=O) groups is 1. The Balaban J connectivity index is 1.46. The summed E-state index contributed by atoms with van der Waals surface area (Å²) in [5.74, 6) is -0.502. The number of anilines is 3. The predicted octanol–water partition coefficient (Wildman–Crippen LogP) is 5.03. The number of halogens is 1. The molecule has 6 rings (SSSR count). The lowest BCUT2D eigenvalue weighted by Crippen LogP contribution is -2.58. The van der Waals surface area contributed by atoms with Gasteiger partial charge in [-0.15, -0.1) is 0 Å². The van der Waals surface area contributed by atoms with Crippen molar-refractivity contribution < 1.29 is 22.3 Å². The molecule has 0 amide bonds. The minimum atomic E-state index is -3.49. The van der Waals surface area contributed by atoms with E-state index in [4.69, 9.17) is 14.7 Å². The van der Waals surface area contributed by atoms with Crippen molar-refractivity contribution in [3.8, 4) is 17.3 Å². The normalized spacial score (nSPS) is 17.4. The summed E-state index contributed by atoms with van der Waals surface area (Å²) in [6.45, 7) is 3.08. The molecule has 0 radical (unpaired) electrons. The van der Waals surface area contributed by atoms with Crippen LogP contribution in [0.1, 0.15) is 36.3 Å². The number of carbonyl (C=O) groups excluding carboxylic acids is 1. The van der Waals surface area contributed by atoms with Crippen molar-refractivity contribution in [3.05, 3.63) is 64.9 Å². The fourth-order valence-corrected chi connectivity index (χ4v) is 7.41. The Labute approximate surface area is 259 Å². The van der Waals surface area contributed by atoms with E-state index in [0.29, 0.717) is 40.3 Å². The van der Waals surface area contributed by atoms with Crippen LogP contribution in [0.5, 0.6) is 0 Å². The highest BCUT2D eigenvalue weighted by molar-refractivity contribution is 7.88. The Morgan fingerprint density at radius 3 is 2.55 bits per heavy atom. The fraction of sp³-hybridized carbons (Fsp3) is 0.355. The lowest BCUT2D eigenvalue weighted by molar-refractivity contribution is -0.142. The van der Waals surface area contributed by atoms with Gasteiger partial charge in [-0.25, -0.2) is 22.6 Å². The first kappa shape index (κ1) is 29.9. The van der Waals surface area contributed by atoms with Crippen molar-refractivity contribution >= 4 is 54.7 Å². The second-order valence-electron chi connectivity index (χ2n) is 10.9. The van der Waals surface area contributed by atoms with Crippen LogP contribution < -0.4 is 9.80 Å². The smallest absolute Gasteiger partial charge is 0.329 e. The first-order valence-corrected chi connectivity index (χ1v) is 17.0. The summed E-state index contributed by atoms with van der Waals surface area (Å²) in [6.07, 6.45) is 3.27. The Morgan fingerprint density at radius 2 is 1.91 bits per heavy atom. The SMILES string of the molecule is CCN(c1nc(-c2ccc(F)cc2)c(C#N)s1)c1cc(C2CC2)nc2ccc(N3CCN(S(C)(=O)=O)CC3C(=O)OC)cc12. The third-order valence-electron chi connectivity index (χ3n) is 8.08. The van der Waals surface area contributed by atoms with E-state index >= 15 is 0 Å². The lowest BCUT2D eigenvalue weighted by atomic mass is 10.1. The number of methoxy groups -OCH3 is 1. The molecule has 2 aromatic carbocycles. The number of hydrogen-bond acceptors (Lipinski definition) is 10. The van der Waals surface area contributed by atoms with E-state index in [-0.39, 0.29) is 18.9 Å². The Hall–Kier alpha value is -4.12. The molecule has 1 saturated carbocycles. The number of fused-ring (bicyclic) bond motifs is 1. The van der Waals surface area contributed by atoms with E-state index in [1.165, 1.54) is 34.9 Å². The average Bonchev–Trinajstić information content (AvgIpc) is 3.79. The van der Waals surface area contributed by atoms with E-state index in [2.05, 4.69) is 17.0 Å². The Bertz CT molecular complexity index is 1890. The molecule has 0 N–H and O–H groups in total. The summed E-state index contributed by atoms with van der Waals surface area (Å²) in [5, 5.41) is 11.4. The van der Waals surface area contributed by atoms with Gasteiger partial charge in [-0.1, -0.05) is 11.3 Å². The van der Waals surface area contributed by atoms with E-state index in [0.717, 1.165) is 47.1 Å². The van der Waals surface area contributed by atoms with Gasteiger partial charge in [-0.05, 0) is 68.3 Å². The monoisotopic (exact) mass is 634 g/mol. The van der Waals surface area contributed by atoms with Crippen LogP contribution in [-0.2, 0) is 19.6 Å². The van der Waals surface area contributed by atoms with Crippen LogP contribution in [0.4, 0.5) is 20.9 Å². The summed E-state index contributed by atoms with van der Waals surface area (Å²) in [4.78, 5) is 27.1. The van der Waals surface area contributed by atoms with Gasteiger partial charge in [0.15, 0.2) is 5.13 Å². The number of pyridine rings is 1. The number of aromatic nitrogens is 2. The summed E-state index contributed by atoms with van der Waals surface area (Å²) in [6, 6.07) is 15.3. The standard InChI is InChI=1S/C31H31FN6O4S2/c1-4-37(31-35-29(28(17-33)43-31)20-7-9-21(32)10-8-20)26-16-25(19-5-6-19)34-24-12-11-22(15-23(24)26)38-14-13-36(44(3,40)41)18-27(38)30(39)42-2/h7-12,15-16,19,27H,4-6,13-14,18H2,1-3H3. The van der Waals surface area contributed by atoms with Gasteiger partial charge < -0.3 is 14.5 Å².